The number of anilines is 2. The van der Waals surface area contributed by atoms with E-state index in [1.54, 1.807) is 11.0 Å². The molecule has 0 spiro atoms. The van der Waals surface area contributed by atoms with Gasteiger partial charge in [-0.05, 0) is 24.3 Å². The van der Waals surface area contributed by atoms with Crippen LogP contribution in [0.5, 0.6) is 0 Å². The van der Waals surface area contributed by atoms with E-state index in [1.807, 2.05) is 0 Å². The summed E-state index contributed by atoms with van der Waals surface area (Å²) in [6.45, 7) is 0.422. The number of amides is 2. The van der Waals surface area contributed by atoms with E-state index in [2.05, 4.69) is 5.32 Å². The number of hydrogen-bond donors (Lipinski definition) is 1. The zero-order valence-electron chi connectivity index (χ0n) is 13.0. The molecule has 0 saturated carbocycles. The van der Waals surface area contributed by atoms with Crippen LogP contribution in [0, 0.1) is 5.82 Å². The van der Waals surface area contributed by atoms with E-state index in [9.17, 15) is 18.8 Å². The second-order valence-corrected chi connectivity index (χ2v) is 5.46. The molecule has 8 heteroatoms. The number of nitrogens with one attached hydrogen (secondary N) is 1. The summed E-state index contributed by atoms with van der Waals surface area (Å²) in [5.41, 5.74) is 0.627. The minimum absolute atomic E-state index is 0.00309. The molecule has 1 unspecified atom stereocenters. The summed E-state index contributed by atoms with van der Waals surface area (Å²) in [6, 6.07) is 4.33. The van der Waals surface area contributed by atoms with E-state index in [-0.39, 0.29) is 12.3 Å². The SMILES string of the molecule is CNC(=O)C1CN(c2ccc(N3C=CC(=O)CC3)c(F)c2)C(=O)O1. The Morgan fingerprint density at radius 3 is 2.79 bits per heavy atom. The Labute approximate surface area is 137 Å². The number of allylic oxidation sites excluding steroid dienone is 1. The summed E-state index contributed by atoms with van der Waals surface area (Å²) in [4.78, 5) is 37.5. The molecule has 0 radical (unpaired) electrons. The number of likely N-dealkylation sites (N-methyl/N-ethyl adjacent to an activating group) is 1. The number of ketones is 1. The van der Waals surface area contributed by atoms with Crippen LogP contribution in [0.25, 0.3) is 0 Å². The third kappa shape index (κ3) is 2.94. The van der Waals surface area contributed by atoms with Crippen molar-refractivity contribution in [2.45, 2.75) is 12.5 Å². The van der Waals surface area contributed by atoms with Crippen molar-refractivity contribution in [2.75, 3.05) is 29.9 Å². The van der Waals surface area contributed by atoms with E-state index in [4.69, 9.17) is 4.74 Å². The van der Waals surface area contributed by atoms with Crippen molar-refractivity contribution in [3.8, 4) is 0 Å². The number of hydrogen-bond acceptors (Lipinski definition) is 5. The lowest BCUT2D eigenvalue weighted by Gasteiger charge is -2.24. The van der Waals surface area contributed by atoms with Crippen molar-refractivity contribution in [1.82, 2.24) is 5.32 Å². The number of ether oxygens (including phenoxy) is 1. The van der Waals surface area contributed by atoms with E-state index < -0.39 is 23.9 Å². The third-order valence-corrected chi connectivity index (χ3v) is 3.94. The number of carbonyl (C=O) groups excluding carboxylic acids is 3. The molecule has 1 aromatic carbocycles. The third-order valence-electron chi connectivity index (χ3n) is 3.94. The molecule has 126 valence electrons. The van der Waals surface area contributed by atoms with Gasteiger partial charge in [-0.3, -0.25) is 14.5 Å². The van der Waals surface area contributed by atoms with Gasteiger partial charge in [-0.2, -0.15) is 0 Å². The highest BCUT2D eigenvalue weighted by molar-refractivity contribution is 5.96. The number of nitrogens with zero attached hydrogens (tertiary/aromatic N) is 2. The van der Waals surface area contributed by atoms with E-state index in [0.29, 0.717) is 24.3 Å². The number of benzene rings is 1. The zero-order valence-corrected chi connectivity index (χ0v) is 13.0. The highest BCUT2D eigenvalue weighted by atomic mass is 19.1. The normalized spacial score (nSPS) is 20.3. The standard InChI is InChI=1S/C16H16FN3O4/c1-18-15(22)14-9-20(16(23)24-14)10-2-3-13(12(17)8-10)19-6-4-11(21)5-7-19/h2-4,6,8,14H,5,7,9H2,1H3,(H,18,22). The quantitative estimate of drug-likeness (QED) is 0.899. The smallest absolute Gasteiger partial charge is 0.415 e. The molecule has 1 saturated heterocycles. The predicted octanol–water partition coefficient (Wildman–Crippen LogP) is 1.19. The van der Waals surface area contributed by atoms with Crippen LogP contribution in [0.2, 0.25) is 0 Å². The number of carbonyl (C=O) groups is 3. The average molecular weight is 333 g/mol. The molecule has 1 atom stereocenters. The second-order valence-electron chi connectivity index (χ2n) is 5.46. The van der Waals surface area contributed by atoms with Crippen LogP contribution in [0.1, 0.15) is 6.42 Å². The molecule has 1 fully saturated rings. The number of halogens is 1. The maximum atomic E-state index is 14.4. The average Bonchev–Trinajstić information content (AvgIpc) is 2.97. The van der Waals surface area contributed by atoms with E-state index in [0.717, 1.165) is 0 Å². The molecule has 0 aliphatic carbocycles. The highest BCUT2D eigenvalue weighted by Crippen LogP contribution is 2.29. The molecule has 2 aliphatic rings. The molecule has 24 heavy (non-hydrogen) atoms. The first-order chi connectivity index (χ1) is 11.5. The Kier molecular flexibility index (Phi) is 4.20. The highest BCUT2D eigenvalue weighted by Gasteiger charge is 2.36. The summed E-state index contributed by atoms with van der Waals surface area (Å²) < 4.78 is 19.4. The first kappa shape index (κ1) is 16.0. The van der Waals surface area contributed by atoms with Crippen molar-refractivity contribution in [3.63, 3.8) is 0 Å². The molecule has 0 bridgehead atoms. The van der Waals surface area contributed by atoms with Gasteiger partial charge in [0.1, 0.15) is 5.82 Å². The van der Waals surface area contributed by atoms with Gasteiger partial charge in [-0.25, -0.2) is 9.18 Å². The van der Waals surface area contributed by atoms with Crippen LogP contribution in [-0.4, -0.2) is 44.0 Å². The Bertz CT molecular complexity index is 734. The van der Waals surface area contributed by atoms with Gasteiger partial charge >= 0.3 is 6.09 Å². The van der Waals surface area contributed by atoms with Crippen molar-refractivity contribution in [2.24, 2.45) is 0 Å². The fourth-order valence-corrected chi connectivity index (χ4v) is 2.63. The minimum atomic E-state index is -0.915. The van der Waals surface area contributed by atoms with Crippen LogP contribution in [0.3, 0.4) is 0 Å². The van der Waals surface area contributed by atoms with Gasteiger partial charge in [0.2, 0.25) is 0 Å². The predicted molar refractivity (Wildman–Crippen MR) is 84.2 cm³/mol. The number of rotatable bonds is 3. The zero-order chi connectivity index (χ0) is 17.3. The first-order valence-electron chi connectivity index (χ1n) is 7.46. The molecule has 1 N–H and O–H groups in total. The summed E-state index contributed by atoms with van der Waals surface area (Å²) in [5.74, 6) is -0.933. The summed E-state index contributed by atoms with van der Waals surface area (Å²) >= 11 is 0. The molecule has 2 aliphatic heterocycles. The second kappa shape index (κ2) is 6.31. The van der Waals surface area contributed by atoms with Gasteiger partial charge in [0.25, 0.3) is 5.91 Å². The van der Waals surface area contributed by atoms with Crippen LogP contribution in [0.15, 0.2) is 30.5 Å². The van der Waals surface area contributed by atoms with Crippen molar-refractivity contribution >= 4 is 29.2 Å². The summed E-state index contributed by atoms with van der Waals surface area (Å²) in [6.07, 6.45) is 1.66. The molecule has 7 nitrogen and oxygen atoms in total. The first-order valence-corrected chi connectivity index (χ1v) is 7.46. The largest absolute Gasteiger partial charge is 0.434 e. The van der Waals surface area contributed by atoms with Gasteiger partial charge in [-0.15, -0.1) is 0 Å². The van der Waals surface area contributed by atoms with Gasteiger partial charge < -0.3 is 15.0 Å². The minimum Gasteiger partial charge on any atom is -0.434 e. The Morgan fingerprint density at radius 2 is 2.17 bits per heavy atom. The molecule has 1 aromatic rings. The monoisotopic (exact) mass is 333 g/mol. The summed E-state index contributed by atoms with van der Waals surface area (Å²) in [7, 11) is 1.45. The number of cyclic esters (lactones) is 1. The Morgan fingerprint density at radius 1 is 1.38 bits per heavy atom. The van der Waals surface area contributed by atoms with Gasteiger partial charge in [0, 0.05) is 26.2 Å². The fraction of sp³-hybridized carbons (Fsp3) is 0.312. The van der Waals surface area contributed by atoms with Gasteiger partial charge in [-0.1, -0.05) is 0 Å². The topological polar surface area (TPSA) is 79.0 Å². The molecule has 2 amide bonds. The van der Waals surface area contributed by atoms with Crippen LogP contribution in [0.4, 0.5) is 20.6 Å². The van der Waals surface area contributed by atoms with Crippen molar-refractivity contribution in [3.05, 3.63) is 36.3 Å². The van der Waals surface area contributed by atoms with Crippen LogP contribution < -0.4 is 15.1 Å². The van der Waals surface area contributed by atoms with E-state index >= 15 is 0 Å². The van der Waals surface area contributed by atoms with Crippen molar-refractivity contribution in [1.29, 1.82) is 0 Å². The molecular weight excluding hydrogens is 317 g/mol. The molecule has 2 heterocycles. The van der Waals surface area contributed by atoms with Gasteiger partial charge in [0.05, 0.1) is 17.9 Å². The Balaban J connectivity index is 1.80. The lowest BCUT2D eigenvalue weighted by atomic mass is 10.1. The molecule has 3 rings (SSSR count). The van der Waals surface area contributed by atoms with Crippen molar-refractivity contribution < 1.29 is 23.5 Å². The van der Waals surface area contributed by atoms with Crippen LogP contribution >= 0.6 is 0 Å². The lowest BCUT2D eigenvalue weighted by molar-refractivity contribution is -0.127. The Hall–Kier alpha value is -2.90. The van der Waals surface area contributed by atoms with Gasteiger partial charge in [0.15, 0.2) is 11.9 Å². The lowest BCUT2D eigenvalue weighted by Crippen LogP contribution is -2.35. The van der Waals surface area contributed by atoms with Crippen LogP contribution in [-0.2, 0) is 14.3 Å². The fourth-order valence-electron chi connectivity index (χ4n) is 2.63. The maximum absolute atomic E-state index is 14.4. The molecular formula is C16H16FN3O4. The molecule has 0 aromatic heterocycles. The van der Waals surface area contributed by atoms with E-state index in [1.165, 1.54) is 36.4 Å². The summed E-state index contributed by atoms with van der Waals surface area (Å²) in [5, 5.41) is 2.41. The maximum Gasteiger partial charge on any atom is 0.415 e.